The van der Waals surface area contributed by atoms with Gasteiger partial charge in [0, 0.05) is 18.7 Å². The normalized spacial score (nSPS) is 11.2. The van der Waals surface area contributed by atoms with E-state index in [1.807, 2.05) is 22.6 Å². The minimum Gasteiger partial charge on any atom is -0.496 e. The van der Waals surface area contributed by atoms with Crippen molar-refractivity contribution in [3.8, 4) is 11.5 Å². The lowest BCUT2D eigenvalue weighted by Crippen LogP contribution is -2.41. The van der Waals surface area contributed by atoms with Crippen molar-refractivity contribution in [2.45, 2.75) is 19.1 Å². The molecule has 0 unspecified atom stereocenters. The Hall–Kier alpha value is -2.04. The lowest BCUT2D eigenvalue weighted by atomic mass is 10.1. The molecule has 2 rings (SSSR count). The molecule has 0 bridgehead atoms. The average Bonchev–Trinajstić information content (AvgIpc) is 2.65. The first kappa shape index (κ1) is 22.3. The van der Waals surface area contributed by atoms with E-state index in [-0.39, 0.29) is 18.5 Å². The van der Waals surface area contributed by atoms with Gasteiger partial charge in [0.25, 0.3) is 0 Å². The highest BCUT2D eigenvalue weighted by Gasteiger charge is 2.42. The van der Waals surface area contributed by atoms with Gasteiger partial charge in [-0.25, -0.2) is 4.39 Å². The summed E-state index contributed by atoms with van der Waals surface area (Å²) in [5.74, 6) is -1.68. The Morgan fingerprint density at radius 1 is 1.07 bits per heavy atom. The zero-order valence-electron chi connectivity index (χ0n) is 15.1. The van der Waals surface area contributed by atoms with Gasteiger partial charge in [0.2, 0.25) is 0 Å². The summed E-state index contributed by atoms with van der Waals surface area (Å²) in [5.41, 5.74) is 0.584. The van der Waals surface area contributed by atoms with Crippen LogP contribution in [-0.4, -0.2) is 37.7 Å². The van der Waals surface area contributed by atoms with E-state index in [4.69, 9.17) is 9.47 Å². The summed E-state index contributed by atoms with van der Waals surface area (Å²) in [6.45, 7) is -0.762. The third kappa shape index (κ3) is 5.49. The Morgan fingerprint density at radius 3 is 2.29 bits per heavy atom. The molecule has 0 aromatic heterocycles. The molecule has 0 N–H and O–H groups in total. The van der Waals surface area contributed by atoms with Gasteiger partial charge in [0.05, 0.1) is 17.8 Å². The topological polar surface area (TPSA) is 38.8 Å². The molecule has 0 saturated carbocycles. The monoisotopic (exact) mass is 511 g/mol. The van der Waals surface area contributed by atoms with Gasteiger partial charge in [-0.15, -0.1) is 0 Å². The fraction of sp³-hybridized carbons (Fsp3) is 0.316. The van der Waals surface area contributed by atoms with Gasteiger partial charge < -0.3 is 14.4 Å². The number of alkyl halides is 3. The van der Waals surface area contributed by atoms with Gasteiger partial charge in [0.1, 0.15) is 17.3 Å². The summed E-state index contributed by atoms with van der Waals surface area (Å²) in [4.78, 5) is 12.4. The standard InChI is InChI=1S/C19H18F4INO3/c1-27-16-10-15(24)17(28-2)9-12(16)7-8-25(18(26)19(21,22)23)11-13-5-3-4-6-14(13)20/h3-6,9-10H,7-8,11H2,1-2H3. The number of amides is 1. The van der Waals surface area contributed by atoms with Crippen LogP contribution in [0.3, 0.4) is 0 Å². The molecule has 0 spiro atoms. The average molecular weight is 511 g/mol. The van der Waals surface area contributed by atoms with E-state index >= 15 is 0 Å². The Bertz CT molecular complexity index is 842. The molecule has 4 nitrogen and oxygen atoms in total. The van der Waals surface area contributed by atoms with Gasteiger partial charge in [-0.05, 0) is 52.8 Å². The van der Waals surface area contributed by atoms with Crippen molar-refractivity contribution >= 4 is 28.5 Å². The number of carbonyl (C=O) groups is 1. The molecule has 0 atom stereocenters. The zero-order valence-corrected chi connectivity index (χ0v) is 17.3. The molecular formula is C19H18F4INO3. The van der Waals surface area contributed by atoms with Crippen LogP contribution >= 0.6 is 22.6 Å². The van der Waals surface area contributed by atoms with Crippen LogP contribution in [-0.2, 0) is 17.8 Å². The third-order valence-corrected chi connectivity index (χ3v) is 4.90. The van der Waals surface area contributed by atoms with Crippen molar-refractivity contribution < 1.29 is 31.8 Å². The molecule has 0 heterocycles. The zero-order chi connectivity index (χ0) is 20.9. The number of halogens is 5. The summed E-state index contributed by atoms with van der Waals surface area (Å²) in [6.07, 6.45) is -4.98. The SMILES string of the molecule is COc1cc(CCN(Cc2ccccc2F)C(=O)C(F)(F)F)c(OC)cc1I. The van der Waals surface area contributed by atoms with Crippen molar-refractivity contribution in [3.63, 3.8) is 0 Å². The van der Waals surface area contributed by atoms with Gasteiger partial charge in [-0.1, -0.05) is 18.2 Å². The molecule has 0 aliphatic rings. The van der Waals surface area contributed by atoms with Crippen LogP contribution in [0.15, 0.2) is 36.4 Å². The van der Waals surface area contributed by atoms with Gasteiger partial charge >= 0.3 is 12.1 Å². The first-order chi connectivity index (χ1) is 13.2. The Morgan fingerprint density at radius 2 is 1.71 bits per heavy atom. The number of hydrogen-bond acceptors (Lipinski definition) is 3. The lowest BCUT2D eigenvalue weighted by Gasteiger charge is -2.24. The van der Waals surface area contributed by atoms with E-state index in [1.54, 1.807) is 12.1 Å². The van der Waals surface area contributed by atoms with E-state index < -0.39 is 24.4 Å². The van der Waals surface area contributed by atoms with Gasteiger partial charge in [-0.2, -0.15) is 13.2 Å². The number of methoxy groups -OCH3 is 2. The molecule has 0 radical (unpaired) electrons. The fourth-order valence-corrected chi connectivity index (χ4v) is 3.30. The second kappa shape index (κ2) is 9.44. The molecule has 2 aromatic rings. The number of ether oxygens (including phenoxy) is 2. The van der Waals surface area contributed by atoms with Crippen molar-refractivity contribution in [1.29, 1.82) is 0 Å². The molecule has 2 aromatic carbocycles. The van der Waals surface area contributed by atoms with Crippen LogP contribution < -0.4 is 9.47 Å². The summed E-state index contributed by atoms with van der Waals surface area (Å²) < 4.78 is 64.2. The molecule has 0 aliphatic heterocycles. The van der Waals surface area contributed by atoms with Crippen molar-refractivity contribution in [3.05, 3.63) is 56.9 Å². The summed E-state index contributed by atoms with van der Waals surface area (Å²) in [5, 5.41) is 0. The maximum absolute atomic E-state index is 13.9. The van der Waals surface area contributed by atoms with Gasteiger partial charge in [-0.3, -0.25) is 4.79 Å². The summed E-state index contributed by atoms with van der Waals surface area (Å²) in [7, 11) is 2.92. The highest BCUT2D eigenvalue weighted by atomic mass is 127. The highest BCUT2D eigenvalue weighted by molar-refractivity contribution is 14.1. The predicted molar refractivity (Wildman–Crippen MR) is 104 cm³/mol. The molecule has 0 saturated heterocycles. The van der Waals surface area contributed by atoms with Crippen molar-refractivity contribution in [1.82, 2.24) is 4.90 Å². The lowest BCUT2D eigenvalue weighted by molar-refractivity contribution is -0.186. The minimum absolute atomic E-state index is 0.00672. The Labute approximate surface area is 173 Å². The van der Waals surface area contributed by atoms with Crippen LogP contribution in [0.5, 0.6) is 11.5 Å². The maximum Gasteiger partial charge on any atom is 0.471 e. The Kier molecular flexibility index (Phi) is 7.50. The van der Waals surface area contributed by atoms with Gasteiger partial charge in [0.15, 0.2) is 0 Å². The molecule has 0 aliphatic carbocycles. The van der Waals surface area contributed by atoms with E-state index in [0.29, 0.717) is 22.0 Å². The molecule has 0 fully saturated rings. The maximum atomic E-state index is 13.9. The highest BCUT2D eigenvalue weighted by Crippen LogP contribution is 2.31. The smallest absolute Gasteiger partial charge is 0.471 e. The molecule has 9 heteroatoms. The molecule has 28 heavy (non-hydrogen) atoms. The largest absolute Gasteiger partial charge is 0.496 e. The van der Waals surface area contributed by atoms with Crippen LogP contribution in [0.2, 0.25) is 0 Å². The van der Waals surface area contributed by atoms with Crippen LogP contribution in [0.4, 0.5) is 17.6 Å². The molecule has 1 amide bonds. The van der Waals surface area contributed by atoms with Crippen molar-refractivity contribution in [2.75, 3.05) is 20.8 Å². The van der Waals surface area contributed by atoms with E-state index in [9.17, 15) is 22.4 Å². The van der Waals surface area contributed by atoms with Crippen LogP contribution in [0, 0.1) is 9.39 Å². The number of carbonyl (C=O) groups excluding carboxylic acids is 1. The number of rotatable bonds is 7. The van der Waals surface area contributed by atoms with Crippen molar-refractivity contribution in [2.24, 2.45) is 0 Å². The van der Waals surface area contributed by atoms with Crippen LogP contribution in [0.1, 0.15) is 11.1 Å². The Balaban J connectivity index is 2.28. The summed E-state index contributed by atoms with van der Waals surface area (Å²) in [6, 6.07) is 8.76. The number of hydrogen-bond donors (Lipinski definition) is 0. The van der Waals surface area contributed by atoms with E-state index in [1.165, 1.54) is 32.4 Å². The second-order valence-corrected chi connectivity index (χ2v) is 7.03. The molecular weight excluding hydrogens is 493 g/mol. The predicted octanol–water partition coefficient (Wildman–Crippen LogP) is 4.58. The summed E-state index contributed by atoms with van der Waals surface area (Å²) >= 11 is 2.05. The third-order valence-electron chi connectivity index (χ3n) is 4.05. The first-order valence-corrected chi connectivity index (χ1v) is 9.25. The number of nitrogens with zero attached hydrogens (tertiary/aromatic N) is 1. The first-order valence-electron chi connectivity index (χ1n) is 8.17. The van der Waals surface area contributed by atoms with E-state index in [0.717, 1.165) is 9.64 Å². The fourth-order valence-electron chi connectivity index (χ4n) is 2.64. The molecule has 152 valence electrons. The van der Waals surface area contributed by atoms with E-state index in [2.05, 4.69) is 0 Å². The quantitative estimate of drug-likeness (QED) is 0.404. The second-order valence-electron chi connectivity index (χ2n) is 5.86. The minimum atomic E-state index is -5.06. The van der Waals surface area contributed by atoms with Crippen LogP contribution in [0.25, 0.3) is 0 Å². The number of benzene rings is 2.